The van der Waals surface area contributed by atoms with E-state index in [4.69, 9.17) is 37.9 Å². The van der Waals surface area contributed by atoms with Crippen LogP contribution in [0.15, 0.2) is 35.4 Å². The quantitative estimate of drug-likeness (QED) is 0.176. The van der Waals surface area contributed by atoms with Crippen molar-refractivity contribution in [3.63, 3.8) is 0 Å². The van der Waals surface area contributed by atoms with Gasteiger partial charge in [-0.25, -0.2) is 14.4 Å². The van der Waals surface area contributed by atoms with E-state index in [-0.39, 0.29) is 35.5 Å². The molecule has 3 N–H and O–H groups in total. The van der Waals surface area contributed by atoms with Crippen molar-refractivity contribution in [1.82, 2.24) is 5.32 Å². The standard InChI is InChI=1S/C40H50F3NO15/c1-18-22(56-31(49)26(46)28(40(41,42)43)44-33(50)59-34(3,4)5)16-37(51)32(57-30(48)20-12-11-13-21(14-20)52-8)39-35(6,29(47)27(54-10)25(18)36(37,39)7)23(53-9)15-24-38(39,17-55-24)58-19(2)45/h11-14,22-24,26-28,32,46,51H,15-17H2,1-10H3,(H,44,50)/t22-,23-,24+,26+,27+,28+,32+,35-,36-,37+,38-,39?/m0/s1. The molecular weight excluding hydrogens is 791 g/mol. The minimum Gasteiger partial charge on any atom is -0.497 e. The Bertz CT molecular complexity index is 1970. The molecule has 19 heteroatoms. The number of carbonyl (C=O) groups is 5. The highest BCUT2D eigenvalue weighted by Crippen LogP contribution is 2.86. The number of aliphatic hydroxyl groups is 2. The molecule has 326 valence electrons. The Hall–Kier alpha value is -4.30. The lowest BCUT2D eigenvalue weighted by molar-refractivity contribution is -0.473. The first-order valence-electron chi connectivity index (χ1n) is 18.9. The number of carbonyl (C=O) groups excluding carboxylic acids is 5. The number of hydrogen-bond donors (Lipinski definition) is 3. The van der Waals surface area contributed by atoms with E-state index < -0.39 is 118 Å². The van der Waals surface area contributed by atoms with Crippen molar-refractivity contribution in [2.24, 2.45) is 16.2 Å². The molecule has 1 spiro atoms. The summed E-state index contributed by atoms with van der Waals surface area (Å²) >= 11 is 0. The highest BCUT2D eigenvalue weighted by atomic mass is 19.4. The summed E-state index contributed by atoms with van der Waals surface area (Å²) in [7, 11) is 3.96. The molecule has 1 unspecified atom stereocenters. The van der Waals surface area contributed by atoms with E-state index in [1.54, 1.807) is 19.9 Å². The molecule has 0 bridgehead atoms. The molecule has 16 nitrogen and oxygen atoms in total. The van der Waals surface area contributed by atoms with Gasteiger partial charge in [-0.2, -0.15) is 13.2 Å². The number of alkyl halides is 3. The van der Waals surface area contributed by atoms with Gasteiger partial charge in [0.1, 0.15) is 41.4 Å². The minimum absolute atomic E-state index is 0.0189. The Kier molecular flexibility index (Phi) is 10.8. The predicted octanol–water partition coefficient (Wildman–Crippen LogP) is 3.13. The first-order valence-corrected chi connectivity index (χ1v) is 18.9. The van der Waals surface area contributed by atoms with Crippen molar-refractivity contribution in [3.05, 3.63) is 41.0 Å². The van der Waals surface area contributed by atoms with E-state index in [0.29, 0.717) is 0 Å². The van der Waals surface area contributed by atoms with Crippen LogP contribution in [0.2, 0.25) is 0 Å². The third-order valence-corrected chi connectivity index (χ3v) is 13.2. The Morgan fingerprint density at radius 1 is 1.03 bits per heavy atom. The van der Waals surface area contributed by atoms with Crippen LogP contribution in [-0.2, 0) is 47.5 Å². The van der Waals surface area contributed by atoms with Crippen molar-refractivity contribution < 1.29 is 85.3 Å². The molecule has 1 amide bonds. The highest BCUT2D eigenvalue weighted by Gasteiger charge is 2.99. The van der Waals surface area contributed by atoms with Gasteiger partial charge in [0.05, 0.1) is 36.2 Å². The van der Waals surface area contributed by atoms with E-state index in [2.05, 4.69) is 0 Å². The molecule has 1 heterocycles. The lowest BCUT2D eigenvalue weighted by atomic mass is 9.20. The second kappa shape index (κ2) is 14.4. The van der Waals surface area contributed by atoms with Crippen LogP contribution >= 0.6 is 0 Å². The van der Waals surface area contributed by atoms with Gasteiger partial charge in [-0.05, 0) is 64.0 Å². The number of methoxy groups -OCH3 is 3. The second-order valence-corrected chi connectivity index (χ2v) is 17.1. The number of ether oxygens (including phenoxy) is 8. The van der Waals surface area contributed by atoms with Crippen LogP contribution in [0.4, 0.5) is 18.0 Å². The van der Waals surface area contributed by atoms with Crippen LogP contribution in [0.1, 0.15) is 71.7 Å². The van der Waals surface area contributed by atoms with Gasteiger partial charge in [-0.1, -0.05) is 13.0 Å². The molecule has 4 aliphatic carbocycles. The van der Waals surface area contributed by atoms with Crippen LogP contribution in [-0.4, -0.2) is 134 Å². The normalized spacial score (nSPS) is 36.9. The van der Waals surface area contributed by atoms with Crippen LogP contribution in [0.25, 0.3) is 0 Å². The predicted molar refractivity (Wildman–Crippen MR) is 194 cm³/mol. The number of hydrogen-bond acceptors (Lipinski definition) is 15. The summed E-state index contributed by atoms with van der Waals surface area (Å²) in [5.41, 5.74) is -10.8. The van der Waals surface area contributed by atoms with Crippen LogP contribution < -0.4 is 10.1 Å². The van der Waals surface area contributed by atoms with Gasteiger partial charge in [-0.3, -0.25) is 9.59 Å². The summed E-state index contributed by atoms with van der Waals surface area (Å²) in [4.78, 5) is 68.6. The van der Waals surface area contributed by atoms with Crippen molar-refractivity contribution in [2.75, 3.05) is 27.9 Å². The number of fused-ring (bicyclic) bond motifs is 1. The summed E-state index contributed by atoms with van der Waals surface area (Å²) in [6.45, 7) is 9.60. The fraction of sp³-hybridized carbons (Fsp3) is 0.675. The molecule has 6 rings (SSSR count). The van der Waals surface area contributed by atoms with E-state index in [9.17, 15) is 42.6 Å². The summed E-state index contributed by atoms with van der Waals surface area (Å²) in [6, 6.07) is 2.67. The fourth-order valence-corrected chi connectivity index (χ4v) is 11.0. The highest BCUT2D eigenvalue weighted by molar-refractivity contribution is 5.98. The van der Waals surface area contributed by atoms with Gasteiger partial charge in [-0.15, -0.1) is 0 Å². The Morgan fingerprint density at radius 3 is 2.22 bits per heavy atom. The number of benzene rings is 1. The van der Waals surface area contributed by atoms with Crippen molar-refractivity contribution in [2.45, 2.75) is 127 Å². The molecule has 5 aliphatic rings. The summed E-state index contributed by atoms with van der Waals surface area (Å²) in [6.07, 6.45) is -17.6. The average Bonchev–Trinajstić information content (AvgIpc) is 3.13. The summed E-state index contributed by atoms with van der Waals surface area (Å²) < 4.78 is 89.0. The summed E-state index contributed by atoms with van der Waals surface area (Å²) in [5.74, 6) is -4.01. The van der Waals surface area contributed by atoms with Crippen molar-refractivity contribution in [3.8, 4) is 5.75 Å². The summed E-state index contributed by atoms with van der Waals surface area (Å²) in [5, 5.41) is 25.6. The Labute approximate surface area is 337 Å². The molecule has 3 saturated carbocycles. The second-order valence-electron chi connectivity index (χ2n) is 17.1. The molecule has 59 heavy (non-hydrogen) atoms. The number of halogens is 3. The lowest BCUT2D eigenvalue weighted by Crippen LogP contribution is -3.00. The van der Waals surface area contributed by atoms with E-state index in [1.807, 2.05) is 0 Å². The fourth-order valence-electron chi connectivity index (χ4n) is 11.0. The third-order valence-electron chi connectivity index (χ3n) is 13.2. The van der Waals surface area contributed by atoms with Gasteiger partial charge < -0.3 is 53.4 Å². The number of amides is 1. The molecule has 1 saturated heterocycles. The van der Waals surface area contributed by atoms with Crippen molar-refractivity contribution >= 4 is 29.8 Å². The Balaban J connectivity index is 1.54. The lowest BCUT2D eigenvalue weighted by Gasteiger charge is -2.86. The van der Waals surface area contributed by atoms with Gasteiger partial charge in [0.15, 0.2) is 23.5 Å². The van der Waals surface area contributed by atoms with Crippen LogP contribution in [0.3, 0.4) is 0 Å². The SMILES string of the molecule is COc1cccc(C(=O)O[C@H]2C34[C@]5(OC(C)=O)CO[C@@H]5C[C@H](OC)[C@@]3(C)C(=O)[C@H](OC)C3=C(C)[C@@H](OC(=O)[C@H](O)[C@@H](NC(=O)OC(C)(C)C)C(F)(F)F)C[C@]2(O)[C@]34C)c1. The molecule has 1 aliphatic heterocycles. The number of Topliss-reactive ketones (excluding diaryl/α,β-unsaturated/α-hetero) is 1. The van der Waals surface area contributed by atoms with Gasteiger partial charge in [0.2, 0.25) is 0 Å². The molecule has 4 fully saturated rings. The molecule has 0 aromatic heterocycles. The largest absolute Gasteiger partial charge is 0.497 e. The number of esters is 3. The topological polar surface area (TPSA) is 212 Å². The number of alkyl carbamates (subject to hydrolysis) is 1. The monoisotopic (exact) mass is 841 g/mol. The van der Waals surface area contributed by atoms with E-state index in [1.165, 1.54) is 72.5 Å². The van der Waals surface area contributed by atoms with Crippen LogP contribution in [0, 0.1) is 16.2 Å². The number of ketones is 1. The van der Waals surface area contributed by atoms with E-state index >= 15 is 4.79 Å². The van der Waals surface area contributed by atoms with Crippen LogP contribution in [0.5, 0.6) is 5.75 Å². The molecule has 1 aromatic rings. The third kappa shape index (κ3) is 6.00. The first-order chi connectivity index (χ1) is 27.3. The average molecular weight is 842 g/mol. The zero-order valence-electron chi connectivity index (χ0n) is 34.3. The number of aliphatic hydroxyl groups excluding tert-OH is 1. The number of nitrogens with one attached hydrogen (secondary N) is 1. The first kappa shape index (κ1) is 44.3. The minimum atomic E-state index is -5.39. The maximum atomic E-state index is 15.3. The van der Waals surface area contributed by atoms with Gasteiger partial charge in [0, 0.05) is 39.4 Å². The zero-order valence-corrected chi connectivity index (χ0v) is 34.3. The molecule has 12 atom stereocenters. The number of rotatable bonds is 10. The van der Waals surface area contributed by atoms with Crippen molar-refractivity contribution in [1.29, 1.82) is 0 Å². The van der Waals surface area contributed by atoms with Gasteiger partial charge in [0.25, 0.3) is 0 Å². The Morgan fingerprint density at radius 2 is 1.69 bits per heavy atom. The maximum absolute atomic E-state index is 15.3. The van der Waals surface area contributed by atoms with Gasteiger partial charge >= 0.3 is 30.2 Å². The maximum Gasteiger partial charge on any atom is 0.411 e. The molecule has 0 radical (unpaired) electrons. The van der Waals surface area contributed by atoms with E-state index in [0.717, 1.165) is 6.92 Å². The smallest absolute Gasteiger partial charge is 0.411 e. The molecule has 1 aromatic carbocycles. The zero-order chi connectivity index (χ0) is 44.1. The molecular formula is C40H50F3NO15.